The van der Waals surface area contributed by atoms with E-state index in [-0.39, 0.29) is 17.7 Å². The first kappa shape index (κ1) is 21.5. The van der Waals surface area contributed by atoms with Crippen molar-refractivity contribution in [3.05, 3.63) is 70.3 Å². The first-order valence-corrected chi connectivity index (χ1v) is 11.4. The van der Waals surface area contributed by atoms with E-state index in [4.69, 9.17) is 4.74 Å². The van der Waals surface area contributed by atoms with E-state index < -0.39 is 10.0 Å². The van der Waals surface area contributed by atoms with Crippen molar-refractivity contribution in [2.24, 2.45) is 0 Å². The Morgan fingerprint density at radius 3 is 2.38 bits per heavy atom. The molecule has 1 N–H and O–H groups in total. The highest BCUT2D eigenvalue weighted by molar-refractivity contribution is 7.88. The Hall–Kier alpha value is -2.22. The van der Waals surface area contributed by atoms with Gasteiger partial charge in [-0.15, -0.1) is 0 Å². The molecule has 0 saturated carbocycles. The van der Waals surface area contributed by atoms with Crippen LogP contribution in [0.4, 0.5) is 0 Å². The van der Waals surface area contributed by atoms with Gasteiger partial charge in [0.25, 0.3) is 5.91 Å². The molecule has 0 radical (unpaired) electrons. The van der Waals surface area contributed by atoms with E-state index in [2.05, 4.69) is 11.4 Å². The van der Waals surface area contributed by atoms with Gasteiger partial charge >= 0.3 is 0 Å². The lowest BCUT2D eigenvalue weighted by Gasteiger charge is -2.26. The fraction of sp³-hybridized carbons (Fsp3) is 0.409. The predicted octanol–water partition coefficient (Wildman–Crippen LogP) is 2.96. The van der Waals surface area contributed by atoms with Crippen molar-refractivity contribution in [3.63, 3.8) is 0 Å². The van der Waals surface area contributed by atoms with E-state index in [1.54, 1.807) is 24.3 Å². The Bertz CT molecular complexity index is 965. The second kappa shape index (κ2) is 9.07. The van der Waals surface area contributed by atoms with Crippen LogP contribution in [0.1, 0.15) is 45.6 Å². The van der Waals surface area contributed by atoms with Crippen LogP contribution in [0.2, 0.25) is 0 Å². The number of morpholine rings is 1. The van der Waals surface area contributed by atoms with Crippen molar-refractivity contribution in [2.45, 2.75) is 32.6 Å². The van der Waals surface area contributed by atoms with Crippen molar-refractivity contribution in [1.82, 2.24) is 9.62 Å². The second-order valence-electron chi connectivity index (χ2n) is 7.52. The minimum atomic E-state index is -3.38. The number of nitrogens with one attached hydrogen (secondary N) is 1. The Kier molecular flexibility index (Phi) is 6.72. The number of hydrogen-bond acceptors (Lipinski definition) is 4. The lowest BCUT2D eigenvalue weighted by atomic mass is 10.00. The number of sulfonamides is 1. The maximum absolute atomic E-state index is 12.6. The summed E-state index contributed by atoms with van der Waals surface area (Å²) in [5, 5.41) is 3.01. The summed E-state index contributed by atoms with van der Waals surface area (Å²) in [5.74, 6) is -0.256. The van der Waals surface area contributed by atoms with Gasteiger partial charge < -0.3 is 10.1 Å². The van der Waals surface area contributed by atoms with Crippen molar-refractivity contribution in [2.75, 3.05) is 26.3 Å². The molecule has 1 aliphatic heterocycles. The zero-order chi connectivity index (χ0) is 21.0. The molecule has 1 amide bonds. The molecule has 0 bridgehead atoms. The zero-order valence-corrected chi connectivity index (χ0v) is 18.0. The molecule has 1 fully saturated rings. The van der Waals surface area contributed by atoms with Crippen molar-refractivity contribution < 1.29 is 17.9 Å². The number of ether oxygens (including phenoxy) is 1. The molecule has 1 heterocycles. The minimum Gasteiger partial charge on any atom is -0.379 e. The van der Waals surface area contributed by atoms with Crippen LogP contribution >= 0.6 is 0 Å². The van der Waals surface area contributed by atoms with E-state index in [0.29, 0.717) is 37.4 Å². The fourth-order valence-electron chi connectivity index (χ4n) is 3.55. The molecule has 0 unspecified atom stereocenters. The third-order valence-corrected chi connectivity index (χ3v) is 7.02. The molecule has 1 aliphatic rings. The molecule has 29 heavy (non-hydrogen) atoms. The monoisotopic (exact) mass is 416 g/mol. The van der Waals surface area contributed by atoms with Crippen LogP contribution in [0.25, 0.3) is 0 Å². The standard InChI is InChI=1S/C22H28N2O4S/c1-16-4-9-21(17(2)14-16)18(3)23-22(25)20-7-5-19(6-8-20)15-29(26,27)24-10-12-28-13-11-24/h4-9,14,18H,10-13,15H2,1-3H3,(H,23,25)/t18-/m1/s1. The molecular weight excluding hydrogens is 388 g/mol. The van der Waals surface area contributed by atoms with Gasteiger partial charge in [0, 0.05) is 18.7 Å². The summed E-state index contributed by atoms with van der Waals surface area (Å²) in [7, 11) is -3.38. The number of carbonyl (C=O) groups excluding carboxylic acids is 1. The summed E-state index contributed by atoms with van der Waals surface area (Å²) in [5.41, 5.74) is 4.58. The first-order valence-electron chi connectivity index (χ1n) is 9.79. The quantitative estimate of drug-likeness (QED) is 0.786. The molecule has 2 aromatic carbocycles. The summed E-state index contributed by atoms with van der Waals surface area (Å²) in [6.07, 6.45) is 0. The number of hydrogen-bond donors (Lipinski definition) is 1. The van der Waals surface area contributed by atoms with E-state index in [9.17, 15) is 13.2 Å². The summed E-state index contributed by atoms with van der Waals surface area (Å²) in [4.78, 5) is 12.6. The Morgan fingerprint density at radius 2 is 1.76 bits per heavy atom. The molecule has 0 aromatic heterocycles. The summed E-state index contributed by atoms with van der Waals surface area (Å²) in [6, 6.07) is 12.8. The van der Waals surface area contributed by atoms with Gasteiger partial charge in [0.1, 0.15) is 0 Å². The first-order chi connectivity index (χ1) is 13.8. The number of amides is 1. The molecule has 3 rings (SSSR count). The maximum Gasteiger partial charge on any atom is 0.251 e. The van der Waals surface area contributed by atoms with Crippen LogP contribution in [0, 0.1) is 13.8 Å². The van der Waals surface area contributed by atoms with Crippen LogP contribution in [-0.4, -0.2) is 44.9 Å². The molecular formula is C22H28N2O4S. The summed E-state index contributed by atoms with van der Waals surface area (Å²) < 4.78 is 31.7. The molecule has 0 spiro atoms. The van der Waals surface area contributed by atoms with Gasteiger partial charge in [-0.2, -0.15) is 4.31 Å². The van der Waals surface area contributed by atoms with Crippen LogP contribution in [0.15, 0.2) is 42.5 Å². The molecule has 156 valence electrons. The number of nitrogens with zero attached hydrogens (tertiary/aromatic N) is 1. The Balaban J connectivity index is 1.64. The lowest BCUT2D eigenvalue weighted by molar-refractivity contribution is 0.0729. The highest BCUT2D eigenvalue weighted by Gasteiger charge is 2.24. The highest BCUT2D eigenvalue weighted by atomic mass is 32.2. The molecule has 2 aromatic rings. The van der Waals surface area contributed by atoms with Gasteiger partial charge in [0.05, 0.1) is 25.0 Å². The van der Waals surface area contributed by atoms with Gasteiger partial charge in [-0.05, 0) is 49.6 Å². The Labute approximate surface area is 172 Å². The third-order valence-electron chi connectivity index (χ3n) is 5.17. The minimum absolute atomic E-state index is 0.0755. The van der Waals surface area contributed by atoms with Gasteiger partial charge in [0.2, 0.25) is 10.0 Å². The van der Waals surface area contributed by atoms with Gasteiger partial charge in [-0.1, -0.05) is 35.9 Å². The average Bonchev–Trinajstić information content (AvgIpc) is 2.68. The normalized spacial score (nSPS) is 16.4. The summed E-state index contributed by atoms with van der Waals surface area (Å²) >= 11 is 0. The topological polar surface area (TPSA) is 75.7 Å². The van der Waals surface area contributed by atoms with E-state index in [1.165, 1.54) is 9.87 Å². The zero-order valence-electron chi connectivity index (χ0n) is 17.1. The largest absolute Gasteiger partial charge is 0.379 e. The van der Waals surface area contributed by atoms with Crippen LogP contribution < -0.4 is 5.32 Å². The molecule has 7 heteroatoms. The molecule has 1 saturated heterocycles. The van der Waals surface area contributed by atoms with Crippen LogP contribution in [0.3, 0.4) is 0 Å². The highest BCUT2D eigenvalue weighted by Crippen LogP contribution is 2.19. The van der Waals surface area contributed by atoms with Gasteiger partial charge in [-0.3, -0.25) is 4.79 Å². The fourth-order valence-corrected chi connectivity index (χ4v) is 5.05. The van der Waals surface area contributed by atoms with Crippen LogP contribution in [-0.2, 0) is 20.5 Å². The van der Waals surface area contributed by atoms with E-state index in [0.717, 1.165) is 11.1 Å². The second-order valence-corrected chi connectivity index (χ2v) is 9.49. The molecule has 1 atom stereocenters. The van der Waals surface area contributed by atoms with Gasteiger partial charge in [-0.25, -0.2) is 8.42 Å². The number of aryl methyl sites for hydroxylation is 2. The van der Waals surface area contributed by atoms with Crippen molar-refractivity contribution in [1.29, 1.82) is 0 Å². The lowest BCUT2D eigenvalue weighted by Crippen LogP contribution is -2.41. The smallest absolute Gasteiger partial charge is 0.251 e. The van der Waals surface area contributed by atoms with Gasteiger partial charge in [0.15, 0.2) is 0 Å². The van der Waals surface area contributed by atoms with Crippen LogP contribution in [0.5, 0.6) is 0 Å². The van der Waals surface area contributed by atoms with E-state index in [1.807, 2.05) is 32.9 Å². The maximum atomic E-state index is 12.6. The molecule has 6 nitrogen and oxygen atoms in total. The predicted molar refractivity (Wildman–Crippen MR) is 113 cm³/mol. The average molecular weight is 417 g/mol. The summed E-state index contributed by atoms with van der Waals surface area (Å²) in [6.45, 7) is 7.67. The SMILES string of the molecule is Cc1ccc([C@@H](C)NC(=O)c2ccc(CS(=O)(=O)N3CCOCC3)cc2)c(C)c1. The third kappa shape index (κ3) is 5.44. The number of rotatable bonds is 6. The molecule has 0 aliphatic carbocycles. The number of carbonyl (C=O) groups is 1. The Morgan fingerprint density at radius 1 is 1.10 bits per heavy atom. The van der Waals surface area contributed by atoms with Crippen molar-refractivity contribution >= 4 is 15.9 Å². The number of benzene rings is 2. The van der Waals surface area contributed by atoms with E-state index >= 15 is 0 Å². The van der Waals surface area contributed by atoms with Crippen molar-refractivity contribution in [3.8, 4) is 0 Å².